The maximum Gasteiger partial charge on any atom is 0.269 e. The van der Waals surface area contributed by atoms with Crippen molar-refractivity contribution >= 4 is 17.4 Å². The van der Waals surface area contributed by atoms with Crippen molar-refractivity contribution in [2.75, 3.05) is 7.05 Å². The van der Waals surface area contributed by atoms with Gasteiger partial charge in [0.25, 0.3) is 5.69 Å². The largest absolute Gasteiger partial charge is 0.339 e. The summed E-state index contributed by atoms with van der Waals surface area (Å²) in [5.74, 6) is -0.228. The van der Waals surface area contributed by atoms with E-state index in [9.17, 15) is 19.7 Å². The van der Waals surface area contributed by atoms with Crippen molar-refractivity contribution in [2.45, 2.75) is 39.7 Å². The van der Waals surface area contributed by atoms with Gasteiger partial charge in [0.2, 0.25) is 5.91 Å². The van der Waals surface area contributed by atoms with Crippen LogP contribution in [0.25, 0.3) is 0 Å². The standard InChI is InChI=1S/C21H24N2O4/c1-14-8-9-15(2)19(12-14)20(24)10-11-21(25)22(4)16(3)17-6-5-7-18(13-17)23(26)27/h5-9,12-13,16H,10-11H2,1-4H3/t16-/m1/s1. The first-order valence-electron chi connectivity index (χ1n) is 8.81. The number of nitro groups is 1. The zero-order valence-corrected chi connectivity index (χ0v) is 16.1. The van der Waals surface area contributed by atoms with E-state index in [1.165, 1.54) is 17.0 Å². The summed E-state index contributed by atoms with van der Waals surface area (Å²) in [6, 6.07) is 11.6. The number of amides is 1. The predicted octanol–water partition coefficient (Wildman–Crippen LogP) is 4.39. The smallest absolute Gasteiger partial charge is 0.269 e. The maximum atomic E-state index is 12.5. The minimum atomic E-state index is -0.457. The third kappa shape index (κ3) is 5.00. The number of rotatable bonds is 7. The SMILES string of the molecule is Cc1ccc(C)c(C(=O)CCC(=O)N(C)[C@H](C)c2cccc([N+](=O)[O-])c2)c1. The molecule has 2 aromatic carbocycles. The fraction of sp³-hybridized carbons (Fsp3) is 0.333. The quantitative estimate of drug-likeness (QED) is 0.412. The molecule has 0 heterocycles. The number of nitro benzene ring substituents is 1. The summed E-state index contributed by atoms with van der Waals surface area (Å²) in [7, 11) is 1.65. The summed E-state index contributed by atoms with van der Waals surface area (Å²) < 4.78 is 0. The van der Waals surface area contributed by atoms with Gasteiger partial charge in [-0.2, -0.15) is 0 Å². The molecule has 1 amide bonds. The highest BCUT2D eigenvalue weighted by molar-refractivity contribution is 5.99. The highest BCUT2D eigenvalue weighted by Gasteiger charge is 2.20. The Kier molecular flexibility index (Phi) is 6.45. The molecule has 0 aliphatic rings. The van der Waals surface area contributed by atoms with E-state index in [4.69, 9.17) is 0 Å². The van der Waals surface area contributed by atoms with Crippen LogP contribution < -0.4 is 0 Å². The van der Waals surface area contributed by atoms with Crippen LogP contribution >= 0.6 is 0 Å². The predicted molar refractivity (Wildman–Crippen MR) is 104 cm³/mol. The van der Waals surface area contributed by atoms with Crippen LogP contribution in [0.1, 0.15) is 52.9 Å². The molecule has 2 aromatic rings. The first-order chi connectivity index (χ1) is 12.7. The van der Waals surface area contributed by atoms with Gasteiger partial charge in [-0.1, -0.05) is 29.8 Å². The number of carbonyl (C=O) groups excluding carboxylic acids is 2. The average molecular weight is 368 g/mol. The molecule has 0 saturated heterocycles. The van der Waals surface area contributed by atoms with Crippen LogP contribution in [0.2, 0.25) is 0 Å². The third-order valence-corrected chi connectivity index (χ3v) is 4.80. The molecule has 6 nitrogen and oxygen atoms in total. The molecular weight excluding hydrogens is 344 g/mol. The second-order valence-corrected chi connectivity index (χ2v) is 6.77. The van der Waals surface area contributed by atoms with E-state index in [-0.39, 0.29) is 36.3 Å². The summed E-state index contributed by atoms with van der Waals surface area (Å²) in [5.41, 5.74) is 3.23. The molecule has 0 aliphatic heterocycles. The highest BCUT2D eigenvalue weighted by atomic mass is 16.6. The Morgan fingerprint density at radius 2 is 1.81 bits per heavy atom. The normalized spacial score (nSPS) is 11.7. The van der Waals surface area contributed by atoms with Crippen LogP contribution in [0, 0.1) is 24.0 Å². The lowest BCUT2D eigenvalue weighted by Gasteiger charge is -2.25. The van der Waals surface area contributed by atoms with Crippen molar-refractivity contribution in [3.63, 3.8) is 0 Å². The number of benzene rings is 2. The first-order valence-corrected chi connectivity index (χ1v) is 8.81. The van der Waals surface area contributed by atoms with E-state index in [1.807, 2.05) is 39.0 Å². The Morgan fingerprint density at radius 1 is 1.11 bits per heavy atom. The molecule has 0 unspecified atom stereocenters. The van der Waals surface area contributed by atoms with Crippen molar-refractivity contribution in [3.05, 3.63) is 74.8 Å². The molecule has 1 atom stereocenters. The number of hydrogen-bond acceptors (Lipinski definition) is 4. The van der Waals surface area contributed by atoms with Crippen LogP contribution in [0.15, 0.2) is 42.5 Å². The Morgan fingerprint density at radius 3 is 2.48 bits per heavy atom. The number of ketones is 1. The lowest BCUT2D eigenvalue weighted by molar-refractivity contribution is -0.384. The molecule has 0 saturated carbocycles. The van der Waals surface area contributed by atoms with Crippen molar-refractivity contribution in [3.8, 4) is 0 Å². The fourth-order valence-corrected chi connectivity index (χ4v) is 2.91. The molecule has 0 aliphatic carbocycles. The molecule has 2 rings (SSSR count). The molecule has 0 fully saturated rings. The summed E-state index contributed by atoms with van der Waals surface area (Å²) in [6.45, 7) is 5.62. The molecule has 142 valence electrons. The summed E-state index contributed by atoms with van der Waals surface area (Å²) in [6.07, 6.45) is 0.233. The average Bonchev–Trinajstić information content (AvgIpc) is 2.66. The van der Waals surface area contributed by atoms with E-state index in [0.29, 0.717) is 11.1 Å². The number of hydrogen-bond donors (Lipinski definition) is 0. The van der Waals surface area contributed by atoms with Gasteiger partial charge in [-0.15, -0.1) is 0 Å². The summed E-state index contributed by atoms with van der Waals surface area (Å²) >= 11 is 0. The molecular formula is C21H24N2O4. The van der Waals surface area contributed by atoms with E-state index in [0.717, 1.165) is 11.1 Å². The molecule has 0 aromatic heterocycles. The van der Waals surface area contributed by atoms with E-state index in [2.05, 4.69) is 0 Å². The molecule has 0 spiro atoms. The van der Waals surface area contributed by atoms with Crippen molar-refractivity contribution in [1.29, 1.82) is 0 Å². The summed E-state index contributed by atoms with van der Waals surface area (Å²) in [5, 5.41) is 10.9. The zero-order chi connectivity index (χ0) is 20.1. The number of Topliss-reactive ketones (excluding diaryl/α,β-unsaturated/α-hetero) is 1. The molecule has 6 heteroatoms. The topological polar surface area (TPSA) is 80.5 Å². The lowest BCUT2D eigenvalue weighted by Crippen LogP contribution is -2.30. The molecule has 27 heavy (non-hydrogen) atoms. The highest BCUT2D eigenvalue weighted by Crippen LogP contribution is 2.24. The number of carbonyl (C=O) groups is 2. The molecule has 0 radical (unpaired) electrons. The van der Waals surface area contributed by atoms with Gasteiger partial charge in [0, 0.05) is 37.6 Å². The van der Waals surface area contributed by atoms with Crippen molar-refractivity contribution in [1.82, 2.24) is 4.90 Å². The first kappa shape index (κ1) is 20.3. The Balaban J connectivity index is 2.02. The fourth-order valence-electron chi connectivity index (χ4n) is 2.91. The monoisotopic (exact) mass is 368 g/mol. The van der Waals surface area contributed by atoms with E-state index in [1.54, 1.807) is 19.2 Å². The van der Waals surface area contributed by atoms with Gasteiger partial charge in [0.15, 0.2) is 5.78 Å². The minimum absolute atomic E-state index is 0.00898. The van der Waals surface area contributed by atoms with Gasteiger partial charge in [-0.05, 0) is 38.0 Å². The van der Waals surface area contributed by atoms with Crippen LogP contribution in [-0.2, 0) is 4.79 Å². The van der Waals surface area contributed by atoms with Crippen LogP contribution in [0.3, 0.4) is 0 Å². The molecule has 0 N–H and O–H groups in total. The minimum Gasteiger partial charge on any atom is -0.339 e. The second-order valence-electron chi connectivity index (χ2n) is 6.77. The van der Waals surface area contributed by atoms with Gasteiger partial charge >= 0.3 is 0 Å². The summed E-state index contributed by atoms with van der Waals surface area (Å²) in [4.78, 5) is 37.0. The van der Waals surface area contributed by atoms with E-state index < -0.39 is 4.92 Å². The third-order valence-electron chi connectivity index (χ3n) is 4.80. The maximum absolute atomic E-state index is 12.5. The molecule has 0 bridgehead atoms. The van der Waals surface area contributed by atoms with Crippen LogP contribution in [-0.4, -0.2) is 28.6 Å². The van der Waals surface area contributed by atoms with Crippen molar-refractivity contribution < 1.29 is 14.5 Å². The van der Waals surface area contributed by atoms with Gasteiger partial charge in [-0.25, -0.2) is 0 Å². The van der Waals surface area contributed by atoms with Crippen LogP contribution in [0.5, 0.6) is 0 Å². The van der Waals surface area contributed by atoms with Gasteiger partial charge in [0.1, 0.15) is 0 Å². The lowest BCUT2D eigenvalue weighted by atomic mass is 9.99. The second kappa shape index (κ2) is 8.58. The van der Waals surface area contributed by atoms with Gasteiger partial charge < -0.3 is 4.90 Å². The number of nitrogens with zero attached hydrogens (tertiary/aromatic N) is 2. The Labute approximate surface area is 159 Å². The Bertz CT molecular complexity index is 876. The van der Waals surface area contributed by atoms with Gasteiger partial charge in [0.05, 0.1) is 11.0 Å². The Hall–Kier alpha value is -3.02. The van der Waals surface area contributed by atoms with Gasteiger partial charge in [-0.3, -0.25) is 19.7 Å². The zero-order valence-electron chi connectivity index (χ0n) is 16.1. The van der Waals surface area contributed by atoms with Crippen molar-refractivity contribution in [2.24, 2.45) is 0 Å². The van der Waals surface area contributed by atoms with Crippen LogP contribution in [0.4, 0.5) is 5.69 Å². The van der Waals surface area contributed by atoms with E-state index >= 15 is 0 Å². The number of non-ortho nitro benzene ring substituents is 1. The number of aryl methyl sites for hydroxylation is 2.